The molecule has 0 aromatic rings. The lowest BCUT2D eigenvalue weighted by Gasteiger charge is -2.28. The van der Waals surface area contributed by atoms with Gasteiger partial charge in [0.25, 0.3) is 0 Å². The van der Waals surface area contributed by atoms with Crippen molar-refractivity contribution in [2.75, 3.05) is 46.3 Å². The lowest BCUT2D eigenvalue weighted by atomic mass is 9.98. The molecule has 0 spiro atoms. The highest BCUT2D eigenvalue weighted by molar-refractivity contribution is 5.78. The molecule has 18 heavy (non-hydrogen) atoms. The molecule has 1 rings (SSSR count). The minimum atomic E-state index is 0.0311. The standard InChI is InChI=1S/C14H25N3O/c1-14(2,3)6-5-9-16(4)12-13(18)17-10-7-15-8-11-17/h15H,7-12H2,1-4H3. The van der Waals surface area contributed by atoms with Crippen molar-refractivity contribution in [2.45, 2.75) is 20.8 Å². The molecule has 4 nitrogen and oxygen atoms in total. The number of hydrogen-bond donors (Lipinski definition) is 1. The molecule has 1 N–H and O–H groups in total. The van der Waals surface area contributed by atoms with Crippen molar-refractivity contribution in [3.8, 4) is 11.8 Å². The van der Waals surface area contributed by atoms with Gasteiger partial charge in [0.2, 0.25) is 5.91 Å². The van der Waals surface area contributed by atoms with Gasteiger partial charge in [0, 0.05) is 31.6 Å². The molecule has 102 valence electrons. The van der Waals surface area contributed by atoms with E-state index < -0.39 is 0 Å². The van der Waals surface area contributed by atoms with E-state index in [4.69, 9.17) is 0 Å². The van der Waals surface area contributed by atoms with E-state index in [9.17, 15) is 4.79 Å². The molecule has 0 atom stereocenters. The fourth-order valence-corrected chi connectivity index (χ4v) is 1.74. The van der Waals surface area contributed by atoms with Crippen LogP contribution in [0.1, 0.15) is 20.8 Å². The summed E-state index contributed by atoms with van der Waals surface area (Å²) in [5.41, 5.74) is 0.0311. The van der Waals surface area contributed by atoms with Gasteiger partial charge in [0.15, 0.2) is 0 Å². The average Bonchev–Trinajstić information content (AvgIpc) is 2.28. The number of piperazine rings is 1. The van der Waals surface area contributed by atoms with Gasteiger partial charge in [-0.1, -0.05) is 11.8 Å². The van der Waals surface area contributed by atoms with Gasteiger partial charge in [-0.3, -0.25) is 9.69 Å². The second-order valence-corrected chi connectivity index (χ2v) is 5.85. The first kappa shape index (κ1) is 15.0. The quantitative estimate of drug-likeness (QED) is 0.738. The maximum absolute atomic E-state index is 12.0. The second-order valence-electron chi connectivity index (χ2n) is 5.85. The summed E-state index contributed by atoms with van der Waals surface area (Å²) in [5.74, 6) is 6.51. The molecular formula is C14H25N3O. The van der Waals surface area contributed by atoms with E-state index in [1.165, 1.54) is 0 Å². The molecule has 0 aliphatic carbocycles. The number of likely N-dealkylation sites (N-methyl/N-ethyl adjacent to an activating group) is 1. The van der Waals surface area contributed by atoms with E-state index in [0.29, 0.717) is 13.1 Å². The van der Waals surface area contributed by atoms with E-state index >= 15 is 0 Å². The zero-order valence-corrected chi connectivity index (χ0v) is 12.0. The van der Waals surface area contributed by atoms with Crippen LogP contribution in [0.5, 0.6) is 0 Å². The van der Waals surface area contributed by atoms with Crippen LogP contribution >= 0.6 is 0 Å². The van der Waals surface area contributed by atoms with Crippen LogP contribution in [0, 0.1) is 17.3 Å². The molecule has 1 aliphatic rings. The van der Waals surface area contributed by atoms with E-state index in [1.54, 1.807) is 0 Å². The van der Waals surface area contributed by atoms with Gasteiger partial charge in [0.05, 0.1) is 13.1 Å². The predicted molar refractivity (Wildman–Crippen MR) is 74.2 cm³/mol. The minimum absolute atomic E-state index is 0.0311. The van der Waals surface area contributed by atoms with E-state index in [-0.39, 0.29) is 11.3 Å². The van der Waals surface area contributed by atoms with Crippen LogP contribution in [-0.2, 0) is 4.79 Å². The van der Waals surface area contributed by atoms with Crippen LogP contribution < -0.4 is 5.32 Å². The summed E-state index contributed by atoms with van der Waals surface area (Å²) < 4.78 is 0. The monoisotopic (exact) mass is 251 g/mol. The van der Waals surface area contributed by atoms with Gasteiger partial charge in [-0.2, -0.15) is 0 Å². The van der Waals surface area contributed by atoms with Gasteiger partial charge in [-0.15, -0.1) is 0 Å². The number of carbonyl (C=O) groups is 1. The molecule has 1 amide bonds. The van der Waals surface area contributed by atoms with E-state index in [1.807, 2.05) is 16.8 Å². The van der Waals surface area contributed by atoms with Crippen LogP contribution in [0.3, 0.4) is 0 Å². The summed E-state index contributed by atoms with van der Waals surface area (Å²) in [7, 11) is 1.94. The Labute approximate surface area is 111 Å². The third-order valence-electron chi connectivity index (χ3n) is 2.69. The van der Waals surface area contributed by atoms with Crippen molar-refractivity contribution in [1.29, 1.82) is 0 Å². The highest BCUT2D eigenvalue weighted by atomic mass is 16.2. The number of rotatable bonds is 3. The minimum Gasteiger partial charge on any atom is -0.339 e. The molecular weight excluding hydrogens is 226 g/mol. The van der Waals surface area contributed by atoms with Gasteiger partial charge in [-0.25, -0.2) is 0 Å². The molecule has 0 aromatic carbocycles. The molecule has 0 radical (unpaired) electrons. The molecule has 0 aromatic heterocycles. The Morgan fingerprint density at radius 3 is 2.50 bits per heavy atom. The third kappa shape index (κ3) is 6.04. The van der Waals surface area contributed by atoms with Gasteiger partial charge >= 0.3 is 0 Å². The lowest BCUT2D eigenvalue weighted by molar-refractivity contribution is -0.132. The predicted octanol–water partition coefficient (Wildman–Crippen LogP) is 0.400. The SMILES string of the molecule is CN(CC#CC(C)(C)C)CC(=O)N1CCNCC1. The van der Waals surface area contributed by atoms with Crippen molar-refractivity contribution in [2.24, 2.45) is 5.41 Å². The molecule has 1 saturated heterocycles. The van der Waals surface area contributed by atoms with E-state index in [0.717, 1.165) is 26.2 Å². The van der Waals surface area contributed by atoms with Crippen molar-refractivity contribution in [1.82, 2.24) is 15.1 Å². The van der Waals surface area contributed by atoms with Crippen molar-refractivity contribution in [3.63, 3.8) is 0 Å². The normalized spacial score (nSPS) is 16.4. The maximum Gasteiger partial charge on any atom is 0.236 e. The summed E-state index contributed by atoms with van der Waals surface area (Å²) in [5, 5.41) is 3.24. The summed E-state index contributed by atoms with van der Waals surface area (Å²) in [6.45, 7) is 10.8. The number of nitrogens with zero attached hydrogens (tertiary/aromatic N) is 2. The Hall–Kier alpha value is -1.05. The number of hydrogen-bond acceptors (Lipinski definition) is 3. The molecule has 1 aliphatic heterocycles. The van der Waals surface area contributed by atoms with Gasteiger partial charge in [-0.05, 0) is 27.8 Å². The van der Waals surface area contributed by atoms with Crippen LogP contribution in [0.15, 0.2) is 0 Å². The topological polar surface area (TPSA) is 35.6 Å². The first-order valence-electron chi connectivity index (χ1n) is 6.55. The zero-order chi connectivity index (χ0) is 13.6. The van der Waals surface area contributed by atoms with Crippen LogP contribution in [-0.4, -0.2) is 62.0 Å². The van der Waals surface area contributed by atoms with Crippen molar-refractivity contribution >= 4 is 5.91 Å². The molecule has 0 bridgehead atoms. The van der Waals surface area contributed by atoms with Crippen molar-refractivity contribution < 1.29 is 4.79 Å². The van der Waals surface area contributed by atoms with Gasteiger partial charge in [0.1, 0.15) is 0 Å². The zero-order valence-electron chi connectivity index (χ0n) is 12.0. The van der Waals surface area contributed by atoms with E-state index in [2.05, 4.69) is 37.9 Å². The smallest absolute Gasteiger partial charge is 0.236 e. The highest BCUT2D eigenvalue weighted by Gasteiger charge is 2.17. The van der Waals surface area contributed by atoms with Gasteiger partial charge < -0.3 is 10.2 Å². The fraction of sp³-hybridized carbons (Fsp3) is 0.786. The number of nitrogens with one attached hydrogen (secondary N) is 1. The number of amides is 1. The Morgan fingerprint density at radius 2 is 1.94 bits per heavy atom. The Bertz CT molecular complexity index is 329. The molecule has 4 heteroatoms. The second kappa shape index (κ2) is 6.77. The van der Waals surface area contributed by atoms with Crippen LogP contribution in [0.2, 0.25) is 0 Å². The maximum atomic E-state index is 12.0. The van der Waals surface area contributed by atoms with Crippen LogP contribution in [0.4, 0.5) is 0 Å². The molecule has 0 saturated carbocycles. The molecule has 1 fully saturated rings. The molecule has 1 heterocycles. The lowest BCUT2D eigenvalue weighted by Crippen LogP contribution is -2.49. The van der Waals surface area contributed by atoms with Crippen molar-refractivity contribution in [3.05, 3.63) is 0 Å². The Morgan fingerprint density at radius 1 is 1.33 bits per heavy atom. The molecule has 0 unspecified atom stereocenters. The summed E-state index contributed by atoms with van der Waals surface area (Å²) in [6, 6.07) is 0. The highest BCUT2D eigenvalue weighted by Crippen LogP contribution is 2.09. The number of carbonyl (C=O) groups excluding carboxylic acids is 1. The summed E-state index contributed by atoms with van der Waals surface area (Å²) in [4.78, 5) is 15.9. The average molecular weight is 251 g/mol. The third-order valence-corrected chi connectivity index (χ3v) is 2.69. The Kier molecular flexibility index (Phi) is 5.64. The first-order valence-corrected chi connectivity index (χ1v) is 6.55. The first-order chi connectivity index (χ1) is 8.38. The largest absolute Gasteiger partial charge is 0.339 e. The summed E-state index contributed by atoms with van der Waals surface area (Å²) in [6.07, 6.45) is 0. The Balaban J connectivity index is 2.32. The summed E-state index contributed by atoms with van der Waals surface area (Å²) >= 11 is 0. The fourth-order valence-electron chi connectivity index (χ4n) is 1.74. The van der Waals surface area contributed by atoms with Crippen LogP contribution in [0.25, 0.3) is 0 Å².